The molecule has 0 bridgehead atoms. The topological polar surface area (TPSA) is 56.8 Å². The Kier molecular flexibility index (Phi) is 9.67. The molecule has 0 spiro atoms. The number of rotatable bonds is 10. The highest BCUT2D eigenvalue weighted by Crippen LogP contribution is 2.20. The van der Waals surface area contributed by atoms with Gasteiger partial charge in [0.1, 0.15) is 0 Å². The van der Waals surface area contributed by atoms with Gasteiger partial charge >= 0.3 is 8.80 Å². The van der Waals surface area contributed by atoms with Crippen LogP contribution in [0.3, 0.4) is 0 Å². The number of alkyl halides is 1. The molecule has 7 heteroatoms. The van der Waals surface area contributed by atoms with Gasteiger partial charge in [-0.15, -0.1) is 11.6 Å². The first-order valence-corrected chi connectivity index (χ1v) is 8.65. The van der Waals surface area contributed by atoms with Crippen molar-refractivity contribution in [2.45, 2.75) is 39.1 Å². The Morgan fingerprint density at radius 2 is 1.56 bits per heavy atom. The fraction of sp³-hybridized carbons (Fsp3) is 0.909. The fourth-order valence-corrected chi connectivity index (χ4v) is 4.41. The second-order valence-electron chi connectivity index (χ2n) is 3.56. The molecule has 0 radical (unpaired) electrons. The average Bonchev–Trinajstić information content (AvgIpc) is 2.35. The molecule has 5 nitrogen and oxygen atoms in total. The molecular weight excluding hydrogens is 274 g/mol. The van der Waals surface area contributed by atoms with Gasteiger partial charge in [0.25, 0.3) is 0 Å². The third kappa shape index (κ3) is 5.24. The minimum atomic E-state index is -3.16. The summed E-state index contributed by atoms with van der Waals surface area (Å²) in [6.45, 7) is 9.23. The lowest BCUT2D eigenvalue weighted by Crippen LogP contribution is -2.59. The van der Waals surface area contributed by atoms with Gasteiger partial charge in [0.05, 0.1) is 0 Å². The van der Waals surface area contributed by atoms with Crippen LogP contribution in [0.1, 0.15) is 34.1 Å². The molecule has 0 aliphatic rings. The zero-order valence-corrected chi connectivity index (χ0v) is 13.4. The summed E-state index contributed by atoms with van der Waals surface area (Å²) in [5.74, 6) is -0.291. The monoisotopic (exact) mass is 297 g/mol. The maximum absolute atomic E-state index is 11.9. The molecule has 0 fully saturated rings. The summed E-state index contributed by atoms with van der Waals surface area (Å²) in [5, 5.41) is 1.82. The molecule has 18 heavy (non-hydrogen) atoms. The van der Waals surface area contributed by atoms with Crippen molar-refractivity contribution in [2.24, 2.45) is 0 Å². The molecule has 0 saturated carbocycles. The van der Waals surface area contributed by atoms with Crippen LogP contribution in [-0.2, 0) is 18.1 Å². The lowest BCUT2D eigenvalue weighted by molar-refractivity contribution is -0.120. The van der Waals surface area contributed by atoms with E-state index in [9.17, 15) is 4.79 Å². The Morgan fingerprint density at radius 1 is 1.11 bits per heavy atom. The molecule has 0 aliphatic carbocycles. The van der Waals surface area contributed by atoms with Gasteiger partial charge in [0, 0.05) is 26.4 Å². The van der Waals surface area contributed by atoms with E-state index in [2.05, 4.69) is 5.32 Å². The van der Waals surface area contributed by atoms with E-state index in [0.29, 0.717) is 26.4 Å². The van der Waals surface area contributed by atoms with E-state index in [1.165, 1.54) is 0 Å². The SMILES string of the molecule is CCCNC(=O)C(Cl)[Si](OCC)(OCC)OCC. The van der Waals surface area contributed by atoms with Crippen molar-refractivity contribution < 1.29 is 18.1 Å². The largest absolute Gasteiger partial charge is 0.529 e. The molecule has 1 atom stereocenters. The molecule has 0 aromatic rings. The van der Waals surface area contributed by atoms with Crippen LogP contribution in [0.4, 0.5) is 0 Å². The standard InChI is InChI=1S/C11H24ClNO4Si/c1-5-9-13-11(14)10(12)18(15-6-2,16-7-3)17-8-4/h10H,5-9H2,1-4H3,(H,13,14). The number of amides is 1. The van der Waals surface area contributed by atoms with Crippen molar-refractivity contribution in [1.82, 2.24) is 5.32 Å². The van der Waals surface area contributed by atoms with E-state index in [4.69, 9.17) is 24.9 Å². The van der Waals surface area contributed by atoms with Crippen LogP contribution in [-0.4, -0.2) is 46.1 Å². The van der Waals surface area contributed by atoms with Crippen LogP contribution in [0.2, 0.25) is 0 Å². The first-order valence-electron chi connectivity index (χ1n) is 6.41. The molecule has 0 aromatic heterocycles. The van der Waals surface area contributed by atoms with E-state index < -0.39 is 13.8 Å². The van der Waals surface area contributed by atoms with Gasteiger partial charge in [0.2, 0.25) is 5.91 Å². The van der Waals surface area contributed by atoms with Crippen molar-refractivity contribution in [3.63, 3.8) is 0 Å². The van der Waals surface area contributed by atoms with E-state index in [1.54, 1.807) is 0 Å². The second kappa shape index (κ2) is 9.74. The summed E-state index contributed by atoms with van der Waals surface area (Å²) >= 11 is 6.20. The van der Waals surface area contributed by atoms with E-state index >= 15 is 0 Å². The lowest BCUT2D eigenvalue weighted by atomic mass is 10.5. The summed E-state index contributed by atoms with van der Waals surface area (Å²) in [6.07, 6.45) is 0.849. The minimum absolute atomic E-state index is 0.291. The third-order valence-electron chi connectivity index (χ3n) is 2.13. The van der Waals surface area contributed by atoms with E-state index in [1.807, 2.05) is 27.7 Å². The van der Waals surface area contributed by atoms with Crippen molar-refractivity contribution in [1.29, 1.82) is 0 Å². The fourth-order valence-electron chi connectivity index (χ4n) is 1.45. The normalized spacial score (nSPS) is 13.4. The molecule has 0 aromatic carbocycles. The smallest absolute Gasteiger partial charge is 0.373 e. The Balaban J connectivity index is 4.83. The van der Waals surface area contributed by atoms with Crippen molar-refractivity contribution in [3.8, 4) is 0 Å². The minimum Gasteiger partial charge on any atom is -0.373 e. The first-order chi connectivity index (χ1) is 8.57. The second-order valence-corrected chi connectivity index (χ2v) is 7.01. The highest BCUT2D eigenvalue weighted by atomic mass is 35.5. The summed E-state index contributed by atoms with van der Waals surface area (Å²) in [6, 6.07) is 0. The van der Waals surface area contributed by atoms with Crippen molar-refractivity contribution >= 4 is 26.3 Å². The number of halogens is 1. The van der Waals surface area contributed by atoms with Crippen LogP contribution < -0.4 is 5.32 Å². The van der Waals surface area contributed by atoms with Crippen LogP contribution in [0.15, 0.2) is 0 Å². The highest BCUT2D eigenvalue weighted by Gasteiger charge is 2.52. The van der Waals surface area contributed by atoms with E-state index in [-0.39, 0.29) is 5.91 Å². The zero-order chi connectivity index (χ0) is 14.0. The Morgan fingerprint density at radius 3 is 1.89 bits per heavy atom. The average molecular weight is 298 g/mol. The Hall–Kier alpha value is -0.143. The van der Waals surface area contributed by atoms with E-state index in [0.717, 1.165) is 6.42 Å². The summed E-state index contributed by atoms with van der Waals surface area (Å²) in [4.78, 5) is 11.9. The third-order valence-corrected chi connectivity index (χ3v) is 6.08. The zero-order valence-electron chi connectivity index (χ0n) is 11.6. The molecule has 0 heterocycles. The molecule has 1 amide bonds. The predicted octanol–water partition coefficient (Wildman–Crippen LogP) is 1.71. The van der Waals surface area contributed by atoms with Crippen molar-refractivity contribution in [3.05, 3.63) is 0 Å². The summed E-state index contributed by atoms with van der Waals surface area (Å²) < 4.78 is 16.7. The highest BCUT2D eigenvalue weighted by molar-refractivity contribution is 6.76. The molecule has 0 aliphatic heterocycles. The van der Waals surface area contributed by atoms with Gasteiger partial charge in [-0.25, -0.2) is 0 Å². The van der Waals surface area contributed by atoms with Crippen molar-refractivity contribution in [2.75, 3.05) is 26.4 Å². The first kappa shape index (κ1) is 17.9. The van der Waals surface area contributed by atoms with Gasteiger partial charge in [-0.3, -0.25) is 4.79 Å². The van der Waals surface area contributed by atoms with Crippen LogP contribution >= 0.6 is 11.6 Å². The number of carbonyl (C=O) groups is 1. The lowest BCUT2D eigenvalue weighted by Gasteiger charge is -2.31. The molecular formula is C11H24ClNO4Si. The number of carbonyl (C=O) groups excluding carboxylic acids is 1. The quantitative estimate of drug-likeness (QED) is 0.493. The predicted molar refractivity (Wildman–Crippen MR) is 73.6 cm³/mol. The molecule has 0 saturated heterocycles. The van der Waals surface area contributed by atoms with Gasteiger partial charge < -0.3 is 18.6 Å². The van der Waals surface area contributed by atoms with Crippen LogP contribution in [0.5, 0.6) is 0 Å². The number of hydrogen-bond acceptors (Lipinski definition) is 4. The molecule has 0 rings (SSSR count). The van der Waals surface area contributed by atoms with Gasteiger partial charge in [-0.1, -0.05) is 6.92 Å². The molecule has 1 N–H and O–H groups in total. The number of nitrogens with one attached hydrogen (secondary N) is 1. The maximum Gasteiger partial charge on any atom is 0.529 e. The Labute approximate surface area is 115 Å². The number of hydrogen-bond donors (Lipinski definition) is 1. The summed E-state index contributed by atoms with van der Waals surface area (Å²) in [5.41, 5.74) is 0. The van der Waals surface area contributed by atoms with Gasteiger partial charge in [-0.2, -0.15) is 0 Å². The molecule has 108 valence electrons. The van der Waals surface area contributed by atoms with Gasteiger partial charge in [-0.05, 0) is 27.2 Å². The Bertz CT molecular complexity index is 226. The van der Waals surface area contributed by atoms with Gasteiger partial charge in [0.15, 0.2) is 5.00 Å². The van der Waals surface area contributed by atoms with Crippen LogP contribution in [0.25, 0.3) is 0 Å². The summed E-state index contributed by atoms with van der Waals surface area (Å²) in [7, 11) is -3.16. The maximum atomic E-state index is 11.9. The van der Waals surface area contributed by atoms with Crippen LogP contribution in [0, 0.1) is 0 Å². The molecule has 1 unspecified atom stereocenters.